The number of aromatic nitrogens is 1. The summed E-state index contributed by atoms with van der Waals surface area (Å²) >= 11 is 0. The molecule has 2 aromatic carbocycles. The van der Waals surface area contributed by atoms with Crippen molar-refractivity contribution in [2.45, 2.75) is 41.5 Å². The number of rotatable bonds is 3. The SMILES string of the molecule is CC(N=C(Nc1cccc(-n2c(C)c(C)c(C)c2C)c1)c1ccccc1C)=[N+](C)C. The van der Waals surface area contributed by atoms with Gasteiger partial charge in [-0.1, -0.05) is 24.3 Å². The van der Waals surface area contributed by atoms with E-state index in [0.29, 0.717) is 0 Å². The summed E-state index contributed by atoms with van der Waals surface area (Å²) in [6, 6.07) is 16.9. The van der Waals surface area contributed by atoms with Gasteiger partial charge in [0.1, 0.15) is 0 Å². The second kappa shape index (κ2) is 8.70. The first-order chi connectivity index (χ1) is 14.2. The van der Waals surface area contributed by atoms with E-state index < -0.39 is 0 Å². The second-order valence-corrected chi connectivity index (χ2v) is 8.15. The Bertz CT molecular complexity index is 1120. The van der Waals surface area contributed by atoms with Gasteiger partial charge < -0.3 is 9.88 Å². The predicted molar refractivity (Wildman–Crippen MR) is 129 cm³/mol. The van der Waals surface area contributed by atoms with Gasteiger partial charge in [-0.3, -0.25) is 4.58 Å². The van der Waals surface area contributed by atoms with Gasteiger partial charge in [-0.25, -0.2) is 0 Å². The van der Waals surface area contributed by atoms with Crippen LogP contribution in [0.25, 0.3) is 5.69 Å². The Morgan fingerprint density at radius 3 is 2.10 bits per heavy atom. The maximum absolute atomic E-state index is 4.90. The zero-order chi connectivity index (χ0) is 22.0. The summed E-state index contributed by atoms with van der Waals surface area (Å²) in [5.74, 6) is 1.80. The summed E-state index contributed by atoms with van der Waals surface area (Å²) < 4.78 is 4.35. The van der Waals surface area contributed by atoms with Gasteiger partial charge in [0.15, 0.2) is 0 Å². The molecule has 4 heteroatoms. The van der Waals surface area contributed by atoms with Crippen molar-refractivity contribution >= 4 is 17.4 Å². The molecule has 0 radical (unpaired) electrons. The topological polar surface area (TPSA) is 32.3 Å². The average molecular weight is 402 g/mol. The van der Waals surface area contributed by atoms with Crippen LogP contribution in [-0.2, 0) is 0 Å². The van der Waals surface area contributed by atoms with E-state index in [1.165, 1.54) is 28.1 Å². The van der Waals surface area contributed by atoms with Gasteiger partial charge in [-0.2, -0.15) is 0 Å². The fourth-order valence-electron chi connectivity index (χ4n) is 3.63. The maximum Gasteiger partial charge on any atom is 0.292 e. The Morgan fingerprint density at radius 1 is 0.867 bits per heavy atom. The monoisotopic (exact) mass is 401 g/mol. The predicted octanol–water partition coefficient (Wildman–Crippen LogP) is 5.57. The van der Waals surface area contributed by atoms with Gasteiger partial charge in [-0.15, -0.1) is 0 Å². The van der Waals surface area contributed by atoms with Gasteiger partial charge in [0, 0.05) is 35.2 Å². The largest absolute Gasteiger partial charge is 0.319 e. The van der Waals surface area contributed by atoms with Crippen LogP contribution >= 0.6 is 0 Å². The van der Waals surface area contributed by atoms with E-state index >= 15 is 0 Å². The third-order valence-corrected chi connectivity index (χ3v) is 6.01. The third-order valence-electron chi connectivity index (χ3n) is 6.01. The fraction of sp³-hybridized carbons (Fsp3) is 0.308. The normalized spacial score (nSPS) is 11.5. The number of anilines is 1. The molecule has 0 aliphatic carbocycles. The zero-order valence-corrected chi connectivity index (χ0v) is 19.5. The lowest BCUT2D eigenvalue weighted by atomic mass is 10.1. The molecule has 0 unspecified atom stereocenters. The molecule has 0 fully saturated rings. The van der Waals surface area contributed by atoms with Crippen molar-refractivity contribution in [2.24, 2.45) is 4.99 Å². The highest BCUT2D eigenvalue weighted by molar-refractivity contribution is 6.13. The molecule has 3 aromatic rings. The van der Waals surface area contributed by atoms with E-state index in [0.717, 1.165) is 28.6 Å². The Balaban J connectivity index is 2.07. The summed E-state index contributed by atoms with van der Waals surface area (Å²) in [5.41, 5.74) is 9.73. The minimum atomic E-state index is 0.852. The minimum absolute atomic E-state index is 0.852. The highest BCUT2D eigenvalue weighted by atomic mass is 15.1. The molecule has 1 heterocycles. The van der Waals surface area contributed by atoms with Gasteiger partial charge in [0.25, 0.3) is 11.7 Å². The molecule has 0 aliphatic rings. The first kappa shape index (κ1) is 21.6. The lowest BCUT2D eigenvalue weighted by molar-refractivity contribution is -0.465. The first-order valence-corrected chi connectivity index (χ1v) is 10.4. The maximum atomic E-state index is 4.90. The van der Waals surface area contributed by atoms with Gasteiger partial charge in [0.05, 0.1) is 14.1 Å². The van der Waals surface area contributed by atoms with Gasteiger partial charge >= 0.3 is 0 Å². The van der Waals surface area contributed by atoms with Crippen LogP contribution in [0.2, 0.25) is 0 Å². The second-order valence-electron chi connectivity index (χ2n) is 8.15. The molecule has 1 aromatic heterocycles. The van der Waals surface area contributed by atoms with Crippen LogP contribution in [0.5, 0.6) is 0 Å². The van der Waals surface area contributed by atoms with E-state index in [1.54, 1.807) is 0 Å². The van der Waals surface area contributed by atoms with E-state index in [-0.39, 0.29) is 0 Å². The van der Waals surface area contributed by atoms with E-state index in [4.69, 9.17) is 4.99 Å². The van der Waals surface area contributed by atoms with Gasteiger partial charge in [0.2, 0.25) is 0 Å². The molecule has 0 aliphatic heterocycles. The molecule has 1 N–H and O–H groups in total. The van der Waals surface area contributed by atoms with Crippen molar-refractivity contribution in [1.82, 2.24) is 4.57 Å². The van der Waals surface area contributed by atoms with Crippen LogP contribution in [0.3, 0.4) is 0 Å². The summed E-state index contributed by atoms with van der Waals surface area (Å²) in [4.78, 5) is 4.90. The Morgan fingerprint density at radius 2 is 1.50 bits per heavy atom. The summed E-state index contributed by atoms with van der Waals surface area (Å²) in [6.45, 7) is 12.9. The molecule has 0 amide bonds. The number of amidine groups is 2. The standard InChI is InChI=1S/C26H32N4/c1-17-12-9-10-15-25(17)26(27-22(6)29(7)8)28-23-13-11-14-24(16-23)30-20(4)18(2)19(3)21(30)5/h9-16H,1-8H3/p+1. The summed E-state index contributed by atoms with van der Waals surface area (Å²) in [7, 11) is 4.02. The number of benzene rings is 2. The number of nitrogens with zero attached hydrogens (tertiary/aromatic N) is 3. The lowest BCUT2D eigenvalue weighted by Gasteiger charge is -2.13. The number of aliphatic imine (C=N–C) groups is 1. The molecule has 0 atom stereocenters. The molecule has 30 heavy (non-hydrogen) atoms. The molecule has 0 spiro atoms. The Hall–Kier alpha value is -3.14. The molecular weight excluding hydrogens is 368 g/mol. The highest BCUT2D eigenvalue weighted by Crippen LogP contribution is 2.26. The van der Waals surface area contributed by atoms with Crippen molar-refractivity contribution in [3.8, 4) is 5.69 Å². The van der Waals surface area contributed by atoms with Crippen LogP contribution in [0.4, 0.5) is 5.69 Å². The number of hydrogen-bond donors (Lipinski definition) is 1. The number of hydrogen-bond acceptors (Lipinski definition) is 0. The Kier molecular flexibility index (Phi) is 6.25. The van der Waals surface area contributed by atoms with E-state index in [1.807, 2.05) is 25.6 Å². The van der Waals surface area contributed by atoms with Crippen molar-refractivity contribution in [2.75, 3.05) is 19.4 Å². The molecule has 156 valence electrons. The lowest BCUT2D eigenvalue weighted by Crippen LogP contribution is -2.19. The van der Waals surface area contributed by atoms with Crippen molar-refractivity contribution in [3.05, 3.63) is 82.2 Å². The number of nitrogens with one attached hydrogen (secondary N) is 1. The molecule has 3 rings (SSSR count). The molecule has 4 nitrogen and oxygen atoms in total. The van der Waals surface area contributed by atoms with Crippen LogP contribution in [0.1, 0.15) is 40.6 Å². The summed E-state index contributed by atoms with van der Waals surface area (Å²) in [5, 5.41) is 3.58. The molecule has 0 bridgehead atoms. The number of aryl methyl sites for hydroxylation is 1. The van der Waals surface area contributed by atoms with E-state index in [2.05, 4.69) is 93.0 Å². The van der Waals surface area contributed by atoms with Crippen LogP contribution < -0.4 is 5.32 Å². The minimum Gasteiger partial charge on any atom is -0.319 e. The molecule has 0 saturated heterocycles. The summed E-state index contributed by atoms with van der Waals surface area (Å²) in [6.07, 6.45) is 0. The zero-order valence-electron chi connectivity index (χ0n) is 19.5. The smallest absolute Gasteiger partial charge is 0.292 e. The first-order valence-electron chi connectivity index (χ1n) is 10.4. The van der Waals surface area contributed by atoms with E-state index in [9.17, 15) is 0 Å². The average Bonchev–Trinajstić information content (AvgIpc) is 2.91. The highest BCUT2D eigenvalue weighted by Gasteiger charge is 2.16. The van der Waals surface area contributed by atoms with Crippen molar-refractivity contribution < 1.29 is 4.58 Å². The van der Waals surface area contributed by atoms with Crippen LogP contribution in [0.15, 0.2) is 53.5 Å². The Labute approximate surface area is 180 Å². The van der Waals surface area contributed by atoms with Crippen LogP contribution in [-0.4, -0.2) is 34.9 Å². The molecular formula is C26H33N4+. The quantitative estimate of drug-likeness (QED) is 0.347. The third kappa shape index (κ3) is 4.23. The van der Waals surface area contributed by atoms with Crippen LogP contribution in [0, 0.1) is 34.6 Å². The van der Waals surface area contributed by atoms with Crippen molar-refractivity contribution in [1.29, 1.82) is 0 Å². The fourth-order valence-corrected chi connectivity index (χ4v) is 3.63. The van der Waals surface area contributed by atoms with Crippen molar-refractivity contribution in [3.63, 3.8) is 0 Å². The molecule has 0 saturated carbocycles. The van der Waals surface area contributed by atoms with Gasteiger partial charge in [-0.05, 0) is 80.6 Å².